The summed E-state index contributed by atoms with van der Waals surface area (Å²) in [6, 6.07) is 10.3. The zero-order valence-corrected chi connectivity index (χ0v) is 16.0. The summed E-state index contributed by atoms with van der Waals surface area (Å²) in [7, 11) is 3.90. The summed E-state index contributed by atoms with van der Waals surface area (Å²) >= 11 is 6.33. The van der Waals surface area contributed by atoms with Crippen LogP contribution in [0, 0.1) is 10.1 Å². The minimum absolute atomic E-state index is 0.152. The molecule has 2 aromatic rings. The minimum Gasteiger partial charge on any atom is -0.400 e. The third-order valence-electron chi connectivity index (χ3n) is 3.57. The highest BCUT2D eigenvalue weighted by Gasteiger charge is 2.32. The van der Waals surface area contributed by atoms with E-state index in [9.17, 15) is 14.9 Å². The molecule has 1 aromatic carbocycles. The van der Waals surface area contributed by atoms with Crippen molar-refractivity contribution in [1.82, 2.24) is 5.01 Å². The maximum Gasteiger partial charge on any atom is 0.433 e. The Morgan fingerprint density at radius 3 is 2.56 bits per heavy atom. The molecule has 1 aliphatic rings. The number of benzene rings is 1. The molecule has 3 rings (SSSR count). The van der Waals surface area contributed by atoms with Gasteiger partial charge >= 0.3 is 5.88 Å². The lowest BCUT2D eigenvalue weighted by atomic mass is 10.2. The number of rotatable bonds is 5. The van der Waals surface area contributed by atoms with Crippen LogP contribution in [0.5, 0.6) is 0 Å². The second-order valence-electron chi connectivity index (χ2n) is 5.66. The minimum atomic E-state index is -0.652. The average molecular weight is 402 g/mol. The molecule has 8 nitrogen and oxygen atoms in total. The van der Waals surface area contributed by atoms with Crippen molar-refractivity contribution in [3.8, 4) is 0 Å². The van der Waals surface area contributed by atoms with E-state index < -0.39 is 10.8 Å². The molecule has 10 heteroatoms. The van der Waals surface area contributed by atoms with E-state index in [0.717, 1.165) is 28.0 Å². The summed E-state index contributed by atoms with van der Waals surface area (Å²) in [6.07, 6.45) is 2.96. The van der Waals surface area contributed by atoms with Gasteiger partial charge in [-0.1, -0.05) is 23.9 Å². The third kappa shape index (κ3) is 4.23. The van der Waals surface area contributed by atoms with Crippen LogP contribution in [-0.4, -0.2) is 40.5 Å². The Hall–Kier alpha value is -2.98. The lowest BCUT2D eigenvalue weighted by Crippen LogP contribution is -2.22. The van der Waals surface area contributed by atoms with Crippen LogP contribution in [0.2, 0.25) is 0 Å². The van der Waals surface area contributed by atoms with E-state index in [0.29, 0.717) is 4.91 Å². The number of carbonyl (C=O) groups is 1. The Bertz CT molecular complexity index is 964. The van der Waals surface area contributed by atoms with Gasteiger partial charge in [0.2, 0.25) is 0 Å². The largest absolute Gasteiger partial charge is 0.433 e. The normalized spacial score (nSPS) is 15.9. The van der Waals surface area contributed by atoms with Crippen molar-refractivity contribution in [2.75, 3.05) is 19.0 Å². The Labute approximate surface area is 164 Å². The SMILES string of the molecule is CN(C)c1ccc(/C=C2/SC(=S)N(/N=C/c3ccc([N+](=O)[O-])o3)C2=O)cc1. The van der Waals surface area contributed by atoms with Gasteiger partial charge in [0.15, 0.2) is 10.1 Å². The molecule has 27 heavy (non-hydrogen) atoms. The van der Waals surface area contributed by atoms with Gasteiger partial charge in [0.25, 0.3) is 5.91 Å². The standard InChI is InChI=1S/C17H14N4O4S2/c1-19(2)12-5-3-11(4-6-12)9-14-16(22)20(17(26)27-14)18-10-13-7-8-15(25-13)21(23)24/h3-10H,1-2H3/b14-9+,18-10+. The Morgan fingerprint density at radius 2 is 1.96 bits per heavy atom. The van der Waals surface area contributed by atoms with Gasteiger partial charge in [-0.2, -0.15) is 10.1 Å². The van der Waals surface area contributed by atoms with Gasteiger partial charge in [-0.3, -0.25) is 14.9 Å². The molecule has 1 fully saturated rings. The van der Waals surface area contributed by atoms with E-state index in [1.807, 2.05) is 43.3 Å². The monoisotopic (exact) mass is 402 g/mol. The van der Waals surface area contributed by atoms with E-state index in [1.54, 1.807) is 6.08 Å². The molecule has 0 aliphatic carbocycles. The van der Waals surface area contributed by atoms with E-state index in [-0.39, 0.29) is 16.0 Å². The number of hydrogen-bond donors (Lipinski definition) is 0. The molecule has 2 heterocycles. The zero-order chi connectivity index (χ0) is 19.6. The predicted octanol–water partition coefficient (Wildman–Crippen LogP) is 3.49. The molecule has 1 aromatic heterocycles. The fraction of sp³-hybridized carbons (Fsp3) is 0.118. The maximum absolute atomic E-state index is 12.5. The first-order chi connectivity index (χ1) is 12.8. The van der Waals surface area contributed by atoms with Gasteiger partial charge in [0, 0.05) is 19.8 Å². The van der Waals surface area contributed by atoms with Crippen LogP contribution in [0.4, 0.5) is 11.6 Å². The van der Waals surface area contributed by atoms with Crippen molar-refractivity contribution in [3.05, 3.63) is 62.7 Å². The molecule has 1 amide bonds. The van der Waals surface area contributed by atoms with E-state index in [4.69, 9.17) is 16.6 Å². The Morgan fingerprint density at radius 1 is 1.26 bits per heavy atom. The summed E-state index contributed by atoms with van der Waals surface area (Å²) < 4.78 is 5.25. The van der Waals surface area contributed by atoms with Crippen molar-refractivity contribution in [2.45, 2.75) is 0 Å². The smallest absolute Gasteiger partial charge is 0.400 e. The van der Waals surface area contributed by atoms with Gasteiger partial charge in [0.1, 0.15) is 4.92 Å². The molecule has 0 unspecified atom stereocenters. The molecular weight excluding hydrogens is 388 g/mol. The molecule has 0 saturated carbocycles. The molecule has 1 aliphatic heterocycles. The van der Waals surface area contributed by atoms with Crippen LogP contribution in [0.1, 0.15) is 11.3 Å². The van der Waals surface area contributed by atoms with E-state index >= 15 is 0 Å². The number of amides is 1. The number of nitrogens with zero attached hydrogens (tertiary/aromatic N) is 4. The van der Waals surface area contributed by atoms with Gasteiger partial charge in [-0.25, -0.2) is 0 Å². The van der Waals surface area contributed by atoms with Crippen molar-refractivity contribution in [3.63, 3.8) is 0 Å². The van der Waals surface area contributed by atoms with Crippen LogP contribution >= 0.6 is 24.0 Å². The number of hydrazone groups is 1. The summed E-state index contributed by atoms with van der Waals surface area (Å²) in [5.41, 5.74) is 1.92. The summed E-state index contributed by atoms with van der Waals surface area (Å²) in [6.45, 7) is 0. The number of carbonyl (C=O) groups excluding carboxylic acids is 1. The van der Waals surface area contributed by atoms with E-state index in [2.05, 4.69) is 5.10 Å². The maximum atomic E-state index is 12.5. The van der Waals surface area contributed by atoms with Crippen molar-refractivity contribution in [1.29, 1.82) is 0 Å². The highest BCUT2D eigenvalue weighted by Crippen LogP contribution is 2.33. The summed E-state index contributed by atoms with van der Waals surface area (Å²) in [4.78, 5) is 24.9. The first kappa shape index (κ1) is 18.8. The van der Waals surface area contributed by atoms with Crippen LogP contribution in [0.3, 0.4) is 0 Å². The number of nitro groups is 1. The van der Waals surface area contributed by atoms with Crippen LogP contribution in [0.25, 0.3) is 6.08 Å². The first-order valence-corrected chi connectivity index (χ1v) is 8.91. The predicted molar refractivity (Wildman–Crippen MR) is 109 cm³/mol. The third-order valence-corrected chi connectivity index (χ3v) is 4.86. The highest BCUT2D eigenvalue weighted by molar-refractivity contribution is 8.26. The highest BCUT2D eigenvalue weighted by atomic mass is 32.2. The van der Waals surface area contributed by atoms with Crippen LogP contribution < -0.4 is 4.90 Å². The first-order valence-electron chi connectivity index (χ1n) is 7.69. The quantitative estimate of drug-likeness (QED) is 0.248. The number of anilines is 1. The molecule has 0 spiro atoms. The molecule has 138 valence electrons. The second kappa shape index (κ2) is 7.72. The number of hydrogen-bond acceptors (Lipinski definition) is 8. The van der Waals surface area contributed by atoms with Crippen LogP contribution in [-0.2, 0) is 4.79 Å². The average Bonchev–Trinajstić information content (AvgIpc) is 3.20. The van der Waals surface area contributed by atoms with Gasteiger partial charge in [0.05, 0.1) is 17.2 Å². The Balaban J connectivity index is 1.75. The zero-order valence-electron chi connectivity index (χ0n) is 14.4. The molecule has 0 atom stereocenters. The summed E-state index contributed by atoms with van der Waals surface area (Å²) in [5.74, 6) is -0.610. The van der Waals surface area contributed by atoms with Gasteiger partial charge in [-0.15, -0.1) is 0 Å². The molecule has 0 N–H and O–H groups in total. The topological polar surface area (TPSA) is 92.2 Å². The number of thioether (sulfide) groups is 1. The van der Waals surface area contributed by atoms with Crippen molar-refractivity contribution < 1.29 is 14.1 Å². The van der Waals surface area contributed by atoms with E-state index in [1.165, 1.54) is 18.3 Å². The Kier molecular flexibility index (Phi) is 5.38. The number of thiocarbonyl (C=S) groups is 1. The molecule has 0 bridgehead atoms. The van der Waals surface area contributed by atoms with Gasteiger partial charge in [-0.05, 0) is 42.1 Å². The van der Waals surface area contributed by atoms with Crippen LogP contribution in [0.15, 0.2) is 50.8 Å². The lowest BCUT2D eigenvalue weighted by molar-refractivity contribution is -0.402. The second-order valence-corrected chi connectivity index (χ2v) is 7.33. The van der Waals surface area contributed by atoms with Gasteiger partial charge < -0.3 is 9.32 Å². The van der Waals surface area contributed by atoms with Crippen molar-refractivity contribution in [2.24, 2.45) is 5.10 Å². The fourth-order valence-electron chi connectivity index (χ4n) is 2.20. The molecule has 1 saturated heterocycles. The number of furan rings is 1. The van der Waals surface area contributed by atoms with Crippen molar-refractivity contribution >= 4 is 58.1 Å². The lowest BCUT2D eigenvalue weighted by Gasteiger charge is -2.11. The molecule has 0 radical (unpaired) electrons. The molecular formula is C17H14N4O4S2. The fourth-order valence-corrected chi connectivity index (χ4v) is 3.38. The summed E-state index contributed by atoms with van der Waals surface area (Å²) in [5, 5.41) is 15.7.